The van der Waals surface area contributed by atoms with E-state index in [1.165, 1.54) is 10.5 Å². The SMILES string of the molecule is Cc1ccc(=O)n2ccn(C(C)(C)C)c(=O)c12. The average molecular weight is 232 g/mol. The lowest BCUT2D eigenvalue weighted by Gasteiger charge is -2.22. The maximum Gasteiger partial charge on any atom is 0.275 e. The smallest absolute Gasteiger partial charge is 0.275 e. The third-order valence-corrected chi connectivity index (χ3v) is 2.84. The van der Waals surface area contributed by atoms with Crippen molar-refractivity contribution in [3.63, 3.8) is 0 Å². The molecule has 4 heteroatoms. The van der Waals surface area contributed by atoms with Gasteiger partial charge in [-0.25, -0.2) is 0 Å². The maximum absolute atomic E-state index is 12.4. The van der Waals surface area contributed by atoms with Gasteiger partial charge in [0.1, 0.15) is 5.52 Å². The van der Waals surface area contributed by atoms with Crippen LogP contribution in [0.15, 0.2) is 34.1 Å². The van der Waals surface area contributed by atoms with Gasteiger partial charge in [0.2, 0.25) is 0 Å². The van der Waals surface area contributed by atoms with E-state index in [-0.39, 0.29) is 16.7 Å². The Bertz CT molecular complexity index is 687. The molecule has 0 saturated carbocycles. The molecule has 0 aliphatic heterocycles. The average Bonchev–Trinajstić information content (AvgIpc) is 2.21. The van der Waals surface area contributed by atoms with E-state index in [1.807, 2.05) is 27.7 Å². The largest absolute Gasteiger partial charge is 0.307 e. The number of rotatable bonds is 0. The molecule has 0 spiro atoms. The standard InChI is InChI=1S/C13H16N2O2/c1-9-5-6-10(16)14-7-8-15(13(2,3)4)12(17)11(9)14/h5-8H,1-4H3. The molecule has 0 bridgehead atoms. The molecule has 2 aromatic rings. The lowest BCUT2D eigenvalue weighted by molar-refractivity contribution is 0.384. The van der Waals surface area contributed by atoms with Crippen LogP contribution in [0.4, 0.5) is 0 Å². The molecule has 0 fully saturated rings. The van der Waals surface area contributed by atoms with Gasteiger partial charge in [0.15, 0.2) is 0 Å². The summed E-state index contributed by atoms with van der Waals surface area (Å²) in [6, 6.07) is 3.16. The van der Waals surface area contributed by atoms with Crippen molar-refractivity contribution in [2.45, 2.75) is 33.2 Å². The summed E-state index contributed by atoms with van der Waals surface area (Å²) in [6.45, 7) is 7.72. The Hall–Kier alpha value is -1.84. The van der Waals surface area contributed by atoms with Crippen LogP contribution in [0.5, 0.6) is 0 Å². The molecular weight excluding hydrogens is 216 g/mol. The number of aromatic nitrogens is 2. The van der Waals surface area contributed by atoms with Gasteiger partial charge in [-0.05, 0) is 33.3 Å². The van der Waals surface area contributed by atoms with Gasteiger partial charge in [-0.15, -0.1) is 0 Å². The molecule has 0 radical (unpaired) electrons. The van der Waals surface area contributed by atoms with E-state index in [4.69, 9.17) is 0 Å². The molecule has 0 aliphatic carbocycles. The summed E-state index contributed by atoms with van der Waals surface area (Å²) in [5, 5.41) is 0. The lowest BCUT2D eigenvalue weighted by Crippen LogP contribution is -2.36. The Balaban J connectivity index is 3.00. The molecule has 0 aromatic carbocycles. The zero-order valence-corrected chi connectivity index (χ0v) is 10.5. The van der Waals surface area contributed by atoms with Gasteiger partial charge < -0.3 is 4.57 Å². The molecule has 90 valence electrons. The molecular formula is C13H16N2O2. The molecule has 0 amide bonds. The van der Waals surface area contributed by atoms with E-state index in [0.29, 0.717) is 5.52 Å². The van der Waals surface area contributed by atoms with Gasteiger partial charge in [-0.1, -0.05) is 6.07 Å². The number of aryl methyl sites for hydroxylation is 1. The first-order valence-electron chi connectivity index (χ1n) is 5.56. The third-order valence-electron chi connectivity index (χ3n) is 2.84. The van der Waals surface area contributed by atoms with Crippen molar-refractivity contribution in [1.82, 2.24) is 8.97 Å². The van der Waals surface area contributed by atoms with Gasteiger partial charge in [-0.3, -0.25) is 14.0 Å². The maximum atomic E-state index is 12.4. The number of pyridine rings is 1. The van der Waals surface area contributed by atoms with Gasteiger partial charge in [0.05, 0.1) is 0 Å². The van der Waals surface area contributed by atoms with Crippen LogP contribution in [-0.2, 0) is 5.54 Å². The fourth-order valence-electron chi connectivity index (χ4n) is 1.92. The van der Waals surface area contributed by atoms with Gasteiger partial charge in [0.25, 0.3) is 11.1 Å². The van der Waals surface area contributed by atoms with Crippen molar-refractivity contribution in [3.8, 4) is 0 Å². The van der Waals surface area contributed by atoms with Crippen molar-refractivity contribution < 1.29 is 0 Å². The van der Waals surface area contributed by atoms with Crippen molar-refractivity contribution in [2.75, 3.05) is 0 Å². The van der Waals surface area contributed by atoms with Crippen molar-refractivity contribution in [2.24, 2.45) is 0 Å². The molecule has 0 atom stereocenters. The first-order valence-corrected chi connectivity index (χ1v) is 5.56. The summed E-state index contributed by atoms with van der Waals surface area (Å²) in [5.74, 6) is 0. The monoisotopic (exact) mass is 232 g/mol. The Morgan fingerprint density at radius 1 is 1.06 bits per heavy atom. The van der Waals surface area contributed by atoms with Gasteiger partial charge in [0, 0.05) is 24.0 Å². The second-order valence-corrected chi connectivity index (χ2v) is 5.22. The molecule has 2 aromatic heterocycles. The first-order chi connectivity index (χ1) is 7.82. The highest BCUT2D eigenvalue weighted by molar-refractivity contribution is 5.51. The van der Waals surface area contributed by atoms with Crippen LogP contribution in [0.1, 0.15) is 26.3 Å². The zero-order chi connectivity index (χ0) is 12.8. The van der Waals surface area contributed by atoms with E-state index in [2.05, 4.69) is 0 Å². The molecule has 0 unspecified atom stereocenters. The number of nitrogens with zero attached hydrogens (tertiary/aromatic N) is 2. The van der Waals surface area contributed by atoms with E-state index >= 15 is 0 Å². The number of hydrogen-bond acceptors (Lipinski definition) is 2. The minimum atomic E-state index is -0.294. The fraction of sp³-hybridized carbons (Fsp3) is 0.385. The van der Waals surface area contributed by atoms with Crippen molar-refractivity contribution >= 4 is 5.52 Å². The van der Waals surface area contributed by atoms with Crippen LogP contribution >= 0.6 is 0 Å². The van der Waals surface area contributed by atoms with E-state index in [1.54, 1.807) is 23.0 Å². The molecule has 0 aliphatic rings. The van der Waals surface area contributed by atoms with Gasteiger partial charge >= 0.3 is 0 Å². The molecule has 0 saturated heterocycles. The van der Waals surface area contributed by atoms with Crippen LogP contribution in [0, 0.1) is 6.92 Å². The summed E-state index contributed by atoms with van der Waals surface area (Å²) in [7, 11) is 0. The second-order valence-electron chi connectivity index (χ2n) is 5.22. The lowest BCUT2D eigenvalue weighted by atomic mass is 10.1. The highest BCUT2D eigenvalue weighted by Gasteiger charge is 2.16. The molecule has 2 heterocycles. The Morgan fingerprint density at radius 2 is 1.71 bits per heavy atom. The zero-order valence-electron chi connectivity index (χ0n) is 10.5. The van der Waals surface area contributed by atoms with Crippen LogP contribution in [-0.4, -0.2) is 8.97 Å². The molecule has 4 nitrogen and oxygen atoms in total. The number of hydrogen-bond donors (Lipinski definition) is 0. The summed E-state index contributed by atoms with van der Waals surface area (Å²) in [5.41, 5.74) is 0.666. The summed E-state index contributed by atoms with van der Waals surface area (Å²) < 4.78 is 3.05. The van der Waals surface area contributed by atoms with Crippen LogP contribution in [0.25, 0.3) is 5.52 Å². The van der Waals surface area contributed by atoms with E-state index in [9.17, 15) is 9.59 Å². The topological polar surface area (TPSA) is 43.5 Å². The van der Waals surface area contributed by atoms with Gasteiger partial charge in [-0.2, -0.15) is 0 Å². The summed E-state index contributed by atoms with van der Waals surface area (Å²) >= 11 is 0. The van der Waals surface area contributed by atoms with Crippen LogP contribution in [0.3, 0.4) is 0 Å². The molecule has 17 heavy (non-hydrogen) atoms. The highest BCUT2D eigenvalue weighted by atomic mass is 16.1. The predicted octanol–water partition coefficient (Wildman–Crippen LogP) is 1.52. The van der Waals surface area contributed by atoms with Crippen LogP contribution in [0.2, 0.25) is 0 Å². The normalized spacial score (nSPS) is 12.0. The summed E-state index contributed by atoms with van der Waals surface area (Å²) in [6.07, 6.45) is 3.31. The van der Waals surface area contributed by atoms with E-state index in [0.717, 1.165) is 5.56 Å². The summed E-state index contributed by atoms with van der Waals surface area (Å²) in [4.78, 5) is 24.0. The van der Waals surface area contributed by atoms with Crippen molar-refractivity contribution in [1.29, 1.82) is 0 Å². The Labute approximate surface area is 99.1 Å². The highest BCUT2D eigenvalue weighted by Crippen LogP contribution is 2.11. The quantitative estimate of drug-likeness (QED) is 0.691. The fourth-order valence-corrected chi connectivity index (χ4v) is 1.92. The van der Waals surface area contributed by atoms with E-state index < -0.39 is 0 Å². The Morgan fingerprint density at radius 3 is 2.29 bits per heavy atom. The predicted molar refractivity (Wildman–Crippen MR) is 67.7 cm³/mol. The second kappa shape index (κ2) is 3.58. The first kappa shape index (κ1) is 11.6. The minimum Gasteiger partial charge on any atom is -0.307 e. The van der Waals surface area contributed by atoms with Crippen LogP contribution < -0.4 is 11.1 Å². The minimum absolute atomic E-state index is 0.129. The Kier molecular flexibility index (Phi) is 2.45. The third kappa shape index (κ3) is 1.79. The molecule has 2 rings (SSSR count). The number of fused-ring (bicyclic) bond motifs is 1. The van der Waals surface area contributed by atoms with Crippen molar-refractivity contribution in [3.05, 3.63) is 50.8 Å². The molecule has 0 N–H and O–H groups in total.